The molecule has 0 aromatic heterocycles. The second kappa shape index (κ2) is 7.84. The predicted molar refractivity (Wildman–Crippen MR) is 92.6 cm³/mol. The summed E-state index contributed by atoms with van der Waals surface area (Å²) in [5.41, 5.74) is 0.699. The summed E-state index contributed by atoms with van der Waals surface area (Å²) >= 11 is 5.80. The molecule has 2 rings (SSSR count). The number of rotatable bonds is 4. The third-order valence-corrected chi connectivity index (χ3v) is 5.50. The molecule has 0 saturated heterocycles. The van der Waals surface area contributed by atoms with Crippen molar-refractivity contribution in [2.45, 2.75) is 45.1 Å². The van der Waals surface area contributed by atoms with Crippen LogP contribution >= 0.6 is 11.6 Å². The third kappa shape index (κ3) is 5.55. The number of benzene rings is 1. The first-order chi connectivity index (χ1) is 10.9. The Balaban J connectivity index is 1.99. The molecular weight excluding hydrogens is 336 g/mol. The first-order valence-electron chi connectivity index (χ1n) is 7.64. The highest BCUT2D eigenvalue weighted by molar-refractivity contribution is 7.94. The number of hydrogen-bond acceptors (Lipinski definition) is 3. The maximum absolute atomic E-state index is 12.2. The molecule has 0 unspecified atom stereocenters. The van der Waals surface area contributed by atoms with Crippen molar-refractivity contribution in [1.82, 2.24) is 10.0 Å². The van der Waals surface area contributed by atoms with E-state index >= 15 is 0 Å². The third-order valence-electron chi connectivity index (χ3n) is 3.83. The van der Waals surface area contributed by atoms with Gasteiger partial charge < -0.3 is 5.32 Å². The van der Waals surface area contributed by atoms with Crippen molar-refractivity contribution >= 4 is 33.7 Å². The van der Waals surface area contributed by atoms with Crippen LogP contribution in [0.4, 0.5) is 4.79 Å². The normalized spacial score (nSPS) is 16.9. The minimum atomic E-state index is -3.85. The molecule has 1 saturated carbocycles. The number of amides is 2. The fourth-order valence-electron chi connectivity index (χ4n) is 2.54. The maximum atomic E-state index is 12.2. The largest absolute Gasteiger partial charge is 0.335 e. The Bertz CT molecular complexity index is 678. The molecule has 2 amide bonds. The summed E-state index contributed by atoms with van der Waals surface area (Å²) in [6, 6.07) is 6.17. The van der Waals surface area contributed by atoms with Gasteiger partial charge in [-0.25, -0.2) is 17.9 Å². The smallest absolute Gasteiger partial charge is 0.328 e. The Morgan fingerprint density at radius 1 is 1.17 bits per heavy atom. The van der Waals surface area contributed by atoms with Crippen LogP contribution < -0.4 is 10.0 Å². The fraction of sp³-hybridized carbons (Fsp3) is 0.438. The lowest BCUT2D eigenvalue weighted by atomic mass is 9.96. The van der Waals surface area contributed by atoms with E-state index in [2.05, 4.69) is 10.0 Å². The van der Waals surface area contributed by atoms with E-state index in [4.69, 9.17) is 11.6 Å². The molecule has 1 fully saturated rings. The van der Waals surface area contributed by atoms with Gasteiger partial charge >= 0.3 is 6.03 Å². The highest BCUT2D eigenvalue weighted by atomic mass is 35.5. The van der Waals surface area contributed by atoms with Crippen LogP contribution in [0.1, 0.15) is 44.6 Å². The summed E-state index contributed by atoms with van der Waals surface area (Å²) in [5, 5.41) is 3.30. The summed E-state index contributed by atoms with van der Waals surface area (Å²) in [4.78, 5) is 12.0. The van der Waals surface area contributed by atoms with Crippen molar-refractivity contribution in [2.24, 2.45) is 0 Å². The SMILES string of the molecule is CC(=Cc1ccc(Cl)cc1)S(=O)(=O)NC(=O)NC1CCCCC1. The number of carbonyl (C=O) groups is 1. The van der Waals surface area contributed by atoms with Crippen LogP contribution in [0.5, 0.6) is 0 Å². The molecule has 0 heterocycles. The van der Waals surface area contributed by atoms with Gasteiger partial charge in [-0.1, -0.05) is 43.0 Å². The van der Waals surface area contributed by atoms with E-state index in [0.29, 0.717) is 10.6 Å². The molecule has 1 aliphatic carbocycles. The van der Waals surface area contributed by atoms with E-state index in [1.165, 1.54) is 19.4 Å². The van der Waals surface area contributed by atoms with Crippen molar-refractivity contribution in [1.29, 1.82) is 0 Å². The summed E-state index contributed by atoms with van der Waals surface area (Å²) in [6.45, 7) is 1.45. The number of nitrogens with one attached hydrogen (secondary N) is 2. The molecule has 0 radical (unpaired) electrons. The molecule has 126 valence electrons. The van der Waals surface area contributed by atoms with Crippen LogP contribution in [0, 0.1) is 0 Å². The van der Waals surface area contributed by atoms with E-state index in [-0.39, 0.29) is 10.9 Å². The van der Waals surface area contributed by atoms with Gasteiger partial charge in [0, 0.05) is 11.1 Å². The lowest BCUT2D eigenvalue weighted by molar-refractivity contribution is 0.238. The maximum Gasteiger partial charge on any atom is 0.328 e. The first kappa shape index (κ1) is 17.8. The fourth-order valence-corrected chi connectivity index (χ4v) is 3.42. The van der Waals surface area contributed by atoms with Crippen LogP contribution in [0.25, 0.3) is 6.08 Å². The topological polar surface area (TPSA) is 75.3 Å². The van der Waals surface area contributed by atoms with E-state index < -0.39 is 16.1 Å². The molecule has 1 aromatic rings. The number of hydrogen-bond donors (Lipinski definition) is 2. The van der Waals surface area contributed by atoms with Crippen molar-refractivity contribution in [3.8, 4) is 0 Å². The van der Waals surface area contributed by atoms with Gasteiger partial charge in [0.05, 0.1) is 4.91 Å². The van der Waals surface area contributed by atoms with E-state index in [0.717, 1.165) is 25.7 Å². The number of urea groups is 1. The molecular formula is C16H21ClN2O3S. The monoisotopic (exact) mass is 356 g/mol. The lowest BCUT2D eigenvalue weighted by Gasteiger charge is -2.22. The van der Waals surface area contributed by atoms with Crippen molar-refractivity contribution < 1.29 is 13.2 Å². The van der Waals surface area contributed by atoms with Crippen molar-refractivity contribution in [2.75, 3.05) is 0 Å². The Morgan fingerprint density at radius 3 is 2.39 bits per heavy atom. The molecule has 7 heteroatoms. The van der Waals surface area contributed by atoms with Gasteiger partial charge in [-0.05, 0) is 43.5 Å². The molecule has 0 aliphatic heterocycles. The summed E-state index contributed by atoms with van der Waals surface area (Å²) in [6.07, 6.45) is 6.58. The zero-order valence-electron chi connectivity index (χ0n) is 13.0. The predicted octanol–water partition coefficient (Wildman–Crippen LogP) is 3.66. The molecule has 0 bridgehead atoms. The zero-order valence-corrected chi connectivity index (χ0v) is 14.6. The zero-order chi connectivity index (χ0) is 16.9. The second-order valence-electron chi connectivity index (χ2n) is 5.72. The van der Waals surface area contributed by atoms with Crippen LogP contribution in [-0.2, 0) is 10.0 Å². The average molecular weight is 357 g/mol. The van der Waals surface area contributed by atoms with E-state index in [9.17, 15) is 13.2 Å². The first-order valence-corrected chi connectivity index (χ1v) is 9.50. The standard InChI is InChI=1S/C16H21ClN2O3S/c1-12(11-13-7-9-14(17)10-8-13)23(21,22)19-16(20)18-15-5-3-2-4-6-15/h7-11,15H,2-6H2,1H3,(H2,18,19,20). The minimum absolute atomic E-state index is 0.0551. The highest BCUT2D eigenvalue weighted by Crippen LogP contribution is 2.18. The van der Waals surface area contributed by atoms with Crippen LogP contribution in [0.15, 0.2) is 29.2 Å². The van der Waals surface area contributed by atoms with Crippen molar-refractivity contribution in [3.05, 3.63) is 39.8 Å². The molecule has 0 spiro atoms. The van der Waals surface area contributed by atoms with Crippen LogP contribution in [-0.4, -0.2) is 20.5 Å². The van der Waals surface area contributed by atoms with Gasteiger partial charge in [0.2, 0.25) is 0 Å². The van der Waals surface area contributed by atoms with Crippen molar-refractivity contribution in [3.63, 3.8) is 0 Å². The highest BCUT2D eigenvalue weighted by Gasteiger charge is 2.20. The molecule has 2 N–H and O–H groups in total. The lowest BCUT2D eigenvalue weighted by Crippen LogP contribution is -2.45. The Labute approximate surface area is 142 Å². The Kier molecular flexibility index (Phi) is 6.07. The Morgan fingerprint density at radius 2 is 1.78 bits per heavy atom. The number of carbonyl (C=O) groups excluding carboxylic acids is 1. The summed E-state index contributed by atoms with van der Waals surface area (Å²) < 4.78 is 26.4. The van der Waals surface area contributed by atoms with Gasteiger partial charge in [0.1, 0.15) is 0 Å². The number of halogens is 1. The molecule has 5 nitrogen and oxygen atoms in total. The van der Waals surface area contributed by atoms with Gasteiger partial charge in [-0.15, -0.1) is 0 Å². The molecule has 0 atom stereocenters. The van der Waals surface area contributed by atoms with Gasteiger partial charge in [-0.3, -0.25) is 0 Å². The minimum Gasteiger partial charge on any atom is -0.335 e. The summed E-state index contributed by atoms with van der Waals surface area (Å²) in [5.74, 6) is 0. The van der Waals surface area contributed by atoms with E-state index in [1.54, 1.807) is 24.3 Å². The molecule has 23 heavy (non-hydrogen) atoms. The van der Waals surface area contributed by atoms with Gasteiger partial charge in [0.15, 0.2) is 0 Å². The Hall–Kier alpha value is -1.53. The summed E-state index contributed by atoms with van der Waals surface area (Å²) in [7, 11) is -3.85. The average Bonchev–Trinajstić information content (AvgIpc) is 2.50. The van der Waals surface area contributed by atoms with Gasteiger partial charge in [0.25, 0.3) is 10.0 Å². The number of allylic oxidation sites excluding steroid dienone is 1. The van der Waals surface area contributed by atoms with Gasteiger partial charge in [-0.2, -0.15) is 0 Å². The second-order valence-corrected chi connectivity index (χ2v) is 8.01. The van der Waals surface area contributed by atoms with Crippen LogP contribution in [0.3, 0.4) is 0 Å². The quantitative estimate of drug-likeness (QED) is 0.864. The number of sulfonamides is 1. The molecule has 1 aromatic carbocycles. The molecule has 1 aliphatic rings. The van der Waals surface area contributed by atoms with E-state index in [1.807, 2.05) is 0 Å². The van der Waals surface area contributed by atoms with Crippen LogP contribution in [0.2, 0.25) is 5.02 Å².